The van der Waals surface area contributed by atoms with Crippen LogP contribution in [0.4, 0.5) is 5.95 Å². The van der Waals surface area contributed by atoms with Gasteiger partial charge in [-0.1, -0.05) is 0 Å². The summed E-state index contributed by atoms with van der Waals surface area (Å²) in [6.07, 6.45) is 2.65. The van der Waals surface area contributed by atoms with E-state index in [1.54, 1.807) is 33.3 Å². The van der Waals surface area contributed by atoms with Crippen LogP contribution in [0.2, 0.25) is 0 Å². The summed E-state index contributed by atoms with van der Waals surface area (Å²) in [6.45, 7) is 7.99. The Kier molecular flexibility index (Phi) is 7.46. The molecule has 0 aliphatic rings. The van der Waals surface area contributed by atoms with Gasteiger partial charge in [-0.15, -0.1) is 0 Å². The summed E-state index contributed by atoms with van der Waals surface area (Å²) in [5.74, 6) is 1.21. The number of pyridine rings is 1. The number of hydrogen-bond donors (Lipinski definition) is 1. The van der Waals surface area contributed by atoms with Gasteiger partial charge in [0.05, 0.1) is 42.6 Å². The first-order chi connectivity index (χ1) is 15.0. The molecule has 31 heavy (non-hydrogen) atoms. The Hall–Kier alpha value is -3.13. The number of esters is 1. The molecule has 2 heterocycles. The molecule has 3 rings (SSSR count). The molecule has 1 N–H and O–H groups in total. The standard InChI is InChI=1S/C23H30N4O4/c1-6-31-22(28)17-8-9-20-18(12-17)26-23(27(20)10-7-11-29-4)25-14-19-16(3)21(30-5)15(2)13-24-19/h8-9,12-13H,6-7,10-11,14H2,1-5H3,(H,25,26). The Balaban J connectivity index is 1.92. The normalized spacial score (nSPS) is 11.0. The highest BCUT2D eigenvalue weighted by atomic mass is 16.5. The molecular formula is C23H30N4O4. The monoisotopic (exact) mass is 426 g/mol. The van der Waals surface area contributed by atoms with E-state index in [-0.39, 0.29) is 5.97 Å². The quantitative estimate of drug-likeness (QED) is 0.389. The predicted molar refractivity (Wildman–Crippen MR) is 120 cm³/mol. The zero-order valence-corrected chi connectivity index (χ0v) is 18.8. The smallest absolute Gasteiger partial charge is 0.338 e. The van der Waals surface area contributed by atoms with Crippen molar-refractivity contribution in [3.8, 4) is 5.75 Å². The number of methoxy groups -OCH3 is 2. The molecule has 0 atom stereocenters. The minimum absolute atomic E-state index is 0.335. The Bertz CT molecular complexity index is 1060. The second-order valence-electron chi connectivity index (χ2n) is 7.26. The number of aromatic nitrogens is 3. The van der Waals surface area contributed by atoms with E-state index in [1.165, 1.54) is 0 Å². The number of carbonyl (C=O) groups excluding carboxylic acids is 1. The molecule has 0 unspecified atom stereocenters. The SMILES string of the molecule is CCOC(=O)c1ccc2c(c1)nc(NCc1ncc(C)c(OC)c1C)n2CCCOC. The molecule has 2 aromatic heterocycles. The first kappa shape index (κ1) is 22.6. The van der Waals surface area contributed by atoms with Crippen LogP contribution in [0, 0.1) is 13.8 Å². The summed E-state index contributed by atoms with van der Waals surface area (Å²) < 4.78 is 17.9. The molecule has 0 fully saturated rings. The van der Waals surface area contributed by atoms with Crippen molar-refractivity contribution in [3.63, 3.8) is 0 Å². The van der Waals surface area contributed by atoms with Crippen molar-refractivity contribution in [2.45, 2.75) is 40.3 Å². The topological polar surface area (TPSA) is 87.5 Å². The largest absolute Gasteiger partial charge is 0.496 e. The number of benzene rings is 1. The Labute approximate surface area is 182 Å². The number of carbonyl (C=O) groups is 1. The molecular weight excluding hydrogens is 396 g/mol. The van der Waals surface area contributed by atoms with Gasteiger partial charge in [0.25, 0.3) is 0 Å². The Morgan fingerprint density at radius 3 is 2.74 bits per heavy atom. The lowest BCUT2D eigenvalue weighted by Crippen LogP contribution is -2.11. The van der Waals surface area contributed by atoms with Crippen LogP contribution in [0.15, 0.2) is 24.4 Å². The van der Waals surface area contributed by atoms with Crippen molar-refractivity contribution in [3.05, 3.63) is 46.8 Å². The molecule has 0 amide bonds. The molecule has 0 radical (unpaired) electrons. The van der Waals surface area contributed by atoms with Gasteiger partial charge in [-0.3, -0.25) is 4.98 Å². The zero-order valence-electron chi connectivity index (χ0n) is 18.8. The fourth-order valence-electron chi connectivity index (χ4n) is 3.61. The highest BCUT2D eigenvalue weighted by Gasteiger charge is 2.15. The van der Waals surface area contributed by atoms with Crippen LogP contribution >= 0.6 is 0 Å². The van der Waals surface area contributed by atoms with Gasteiger partial charge in [0.2, 0.25) is 5.95 Å². The van der Waals surface area contributed by atoms with E-state index in [9.17, 15) is 4.79 Å². The van der Waals surface area contributed by atoms with Gasteiger partial charge in [-0.25, -0.2) is 9.78 Å². The predicted octanol–water partition coefficient (Wildman–Crippen LogP) is 3.88. The molecule has 0 aliphatic heterocycles. The third-order valence-electron chi connectivity index (χ3n) is 5.15. The number of nitrogens with one attached hydrogen (secondary N) is 1. The lowest BCUT2D eigenvalue weighted by molar-refractivity contribution is 0.0526. The summed E-state index contributed by atoms with van der Waals surface area (Å²) in [5, 5.41) is 3.41. The molecule has 166 valence electrons. The van der Waals surface area contributed by atoms with Crippen molar-refractivity contribution in [2.24, 2.45) is 0 Å². The fourth-order valence-corrected chi connectivity index (χ4v) is 3.61. The second-order valence-corrected chi connectivity index (χ2v) is 7.26. The average molecular weight is 427 g/mol. The third-order valence-corrected chi connectivity index (χ3v) is 5.15. The number of anilines is 1. The van der Waals surface area contributed by atoms with Crippen LogP contribution in [0.1, 0.15) is 40.5 Å². The number of nitrogens with zero attached hydrogens (tertiary/aromatic N) is 3. The van der Waals surface area contributed by atoms with Crippen LogP contribution in [0.25, 0.3) is 11.0 Å². The van der Waals surface area contributed by atoms with E-state index in [4.69, 9.17) is 19.2 Å². The molecule has 0 saturated heterocycles. The first-order valence-electron chi connectivity index (χ1n) is 10.4. The number of fused-ring (bicyclic) bond motifs is 1. The molecule has 0 bridgehead atoms. The van der Waals surface area contributed by atoms with Gasteiger partial charge < -0.3 is 24.1 Å². The van der Waals surface area contributed by atoms with Crippen molar-refractivity contribution in [2.75, 3.05) is 32.8 Å². The molecule has 0 spiro atoms. The fraction of sp³-hybridized carbons (Fsp3) is 0.435. The maximum Gasteiger partial charge on any atom is 0.338 e. The lowest BCUT2D eigenvalue weighted by Gasteiger charge is -2.14. The maximum atomic E-state index is 12.1. The average Bonchev–Trinajstić information content (AvgIpc) is 3.10. The molecule has 1 aromatic carbocycles. The number of hydrogen-bond acceptors (Lipinski definition) is 7. The van der Waals surface area contributed by atoms with Crippen molar-refractivity contribution < 1.29 is 19.0 Å². The van der Waals surface area contributed by atoms with E-state index in [0.29, 0.717) is 31.3 Å². The van der Waals surface area contributed by atoms with Crippen LogP contribution in [-0.2, 0) is 22.6 Å². The first-order valence-corrected chi connectivity index (χ1v) is 10.4. The molecule has 0 saturated carbocycles. The number of rotatable bonds is 10. The molecule has 8 heteroatoms. The van der Waals surface area contributed by atoms with Crippen LogP contribution in [-0.4, -0.2) is 47.9 Å². The third kappa shape index (κ3) is 4.96. The second kappa shape index (κ2) is 10.3. The van der Waals surface area contributed by atoms with E-state index >= 15 is 0 Å². The zero-order chi connectivity index (χ0) is 22.4. The van der Waals surface area contributed by atoms with Crippen molar-refractivity contribution >= 4 is 23.0 Å². The lowest BCUT2D eigenvalue weighted by atomic mass is 10.1. The minimum Gasteiger partial charge on any atom is -0.496 e. The summed E-state index contributed by atoms with van der Waals surface area (Å²) in [6, 6.07) is 5.45. The van der Waals surface area contributed by atoms with Crippen LogP contribution in [0.5, 0.6) is 5.75 Å². The van der Waals surface area contributed by atoms with Gasteiger partial charge in [0.1, 0.15) is 5.75 Å². The highest BCUT2D eigenvalue weighted by molar-refractivity contribution is 5.94. The maximum absolute atomic E-state index is 12.1. The van der Waals surface area contributed by atoms with Gasteiger partial charge in [0, 0.05) is 37.6 Å². The summed E-state index contributed by atoms with van der Waals surface area (Å²) >= 11 is 0. The van der Waals surface area contributed by atoms with Gasteiger partial charge in [-0.2, -0.15) is 0 Å². The molecule has 8 nitrogen and oxygen atoms in total. The molecule has 3 aromatic rings. The van der Waals surface area contributed by atoms with Gasteiger partial charge >= 0.3 is 5.97 Å². The summed E-state index contributed by atoms with van der Waals surface area (Å²) in [5.41, 5.74) is 5.06. The number of ether oxygens (including phenoxy) is 3. The van der Waals surface area contributed by atoms with Crippen LogP contribution < -0.4 is 10.1 Å². The highest BCUT2D eigenvalue weighted by Crippen LogP contribution is 2.26. The van der Waals surface area contributed by atoms with E-state index in [0.717, 1.165) is 46.6 Å². The van der Waals surface area contributed by atoms with E-state index in [1.807, 2.05) is 26.1 Å². The van der Waals surface area contributed by atoms with Gasteiger partial charge in [0.15, 0.2) is 0 Å². The molecule has 0 aliphatic carbocycles. The van der Waals surface area contributed by atoms with Crippen LogP contribution in [0.3, 0.4) is 0 Å². The Morgan fingerprint density at radius 2 is 2.03 bits per heavy atom. The minimum atomic E-state index is -0.348. The number of aryl methyl sites for hydroxylation is 2. The van der Waals surface area contributed by atoms with Crippen molar-refractivity contribution in [1.29, 1.82) is 0 Å². The Morgan fingerprint density at radius 1 is 1.23 bits per heavy atom. The summed E-state index contributed by atoms with van der Waals surface area (Å²) in [4.78, 5) is 21.4. The van der Waals surface area contributed by atoms with E-state index < -0.39 is 0 Å². The van der Waals surface area contributed by atoms with Crippen molar-refractivity contribution in [1.82, 2.24) is 14.5 Å². The number of imidazole rings is 1. The summed E-state index contributed by atoms with van der Waals surface area (Å²) in [7, 11) is 3.36. The van der Waals surface area contributed by atoms with Gasteiger partial charge in [-0.05, 0) is 45.4 Å². The van der Waals surface area contributed by atoms with E-state index in [2.05, 4.69) is 14.9 Å².